The van der Waals surface area contributed by atoms with E-state index in [-0.39, 0.29) is 6.04 Å². The fraction of sp³-hybridized carbons (Fsp3) is 0.800. The second kappa shape index (κ2) is 3.38. The fourth-order valence-electron chi connectivity index (χ4n) is 0.942. The molecule has 58 valence electrons. The number of rotatable bonds is 2. The molecule has 0 radical (unpaired) electrons. The predicted octanol–water partition coefficient (Wildman–Crippen LogP) is -0.880. The van der Waals surface area contributed by atoms with Gasteiger partial charge in [0.05, 0.1) is 0 Å². The Morgan fingerprint density at radius 3 is 3.00 bits per heavy atom. The standard InChI is InChI=1S/C5H11N3O2/c9-5(10)8-7-4-1-2-6-3-4/h4,6-8H,1-3H2,(H,9,10)/t4-/m1/s1. The van der Waals surface area contributed by atoms with E-state index in [4.69, 9.17) is 5.11 Å². The first-order valence-corrected chi connectivity index (χ1v) is 3.24. The second-order valence-corrected chi connectivity index (χ2v) is 2.26. The second-order valence-electron chi connectivity index (χ2n) is 2.26. The maximum absolute atomic E-state index is 9.96. The monoisotopic (exact) mass is 145 g/mol. The number of hydrazine groups is 1. The van der Waals surface area contributed by atoms with Crippen LogP contribution in [0.3, 0.4) is 0 Å². The van der Waals surface area contributed by atoms with Crippen molar-refractivity contribution >= 4 is 6.09 Å². The highest BCUT2D eigenvalue weighted by Crippen LogP contribution is 1.94. The van der Waals surface area contributed by atoms with E-state index in [9.17, 15) is 4.79 Å². The fourth-order valence-corrected chi connectivity index (χ4v) is 0.942. The molecule has 5 nitrogen and oxygen atoms in total. The Hall–Kier alpha value is -0.810. The highest BCUT2D eigenvalue weighted by molar-refractivity contribution is 5.63. The first-order chi connectivity index (χ1) is 4.79. The lowest BCUT2D eigenvalue weighted by molar-refractivity contribution is 0.186. The summed E-state index contributed by atoms with van der Waals surface area (Å²) in [4.78, 5) is 9.96. The van der Waals surface area contributed by atoms with Crippen LogP contribution in [-0.4, -0.2) is 30.3 Å². The van der Waals surface area contributed by atoms with Crippen LogP contribution in [0.25, 0.3) is 0 Å². The lowest BCUT2D eigenvalue weighted by atomic mass is 10.3. The zero-order valence-electron chi connectivity index (χ0n) is 5.55. The Balaban J connectivity index is 2.07. The van der Waals surface area contributed by atoms with Crippen LogP contribution in [0.1, 0.15) is 6.42 Å². The SMILES string of the molecule is O=C(O)NN[C@@H]1CCNC1. The van der Waals surface area contributed by atoms with Crippen LogP contribution in [0.5, 0.6) is 0 Å². The van der Waals surface area contributed by atoms with E-state index in [1.807, 2.05) is 0 Å². The van der Waals surface area contributed by atoms with Gasteiger partial charge in [0.25, 0.3) is 0 Å². The van der Waals surface area contributed by atoms with Gasteiger partial charge >= 0.3 is 6.09 Å². The molecule has 4 N–H and O–H groups in total. The van der Waals surface area contributed by atoms with Crippen LogP contribution < -0.4 is 16.2 Å². The summed E-state index contributed by atoms with van der Waals surface area (Å²) < 4.78 is 0. The average molecular weight is 145 g/mol. The number of carbonyl (C=O) groups is 1. The molecule has 1 heterocycles. The number of nitrogens with one attached hydrogen (secondary N) is 3. The lowest BCUT2D eigenvalue weighted by Crippen LogP contribution is -2.44. The van der Waals surface area contributed by atoms with E-state index in [0.717, 1.165) is 19.5 Å². The van der Waals surface area contributed by atoms with Gasteiger partial charge in [0.1, 0.15) is 0 Å². The number of hydrogen-bond donors (Lipinski definition) is 4. The van der Waals surface area contributed by atoms with E-state index < -0.39 is 6.09 Å². The van der Waals surface area contributed by atoms with Gasteiger partial charge in [-0.15, -0.1) is 0 Å². The third-order valence-corrected chi connectivity index (χ3v) is 1.44. The van der Waals surface area contributed by atoms with Gasteiger partial charge in [0.2, 0.25) is 0 Å². The molecule has 0 saturated carbocycles. The minimum absolute atomic E-state index is 0.246. The largest absolute Gasteiger partial charge is 0.464 e. The van der Waals surface area contributed by atoms with E-state index in [1.165, 1.54) is 0 Å². The van der Waals surface area contributed by atoms with Gasteiger partial charge in [0, 0.05) is 12.6 Å². The number of hydrogen-bond acceptors (Lipinski definition) is 3. The Labute approximate surface area is 58.8 Å². The normalized spacial score (nSPS) is 24.6. The van der Waals surface area contributed by atoms with E-state index in [1.54, 1.807) is 0 Å². The molecule has 0 bridgehead atoms. The molecule has 0 aliphatic carbocycles. The maximum Gasteiger partial charge on any atom is 0.419 e. The third kappa shape index (κ3) is 2.20. The van der Waals surface area contributed by atoms with Crippen molar-refractivity contribution in [2.45, 2.75) is 12.5 Å². The van der Waals surface area contributed by atoms with Crippen LogP contribution in [0.2, 0.25) is 0 Å². The molecular formula is C5H11N3O2. The Kier molecular flexibility index (Phi) is 2.47. The van der Waals surface area contributed by atoms with Crippen LogP contribution in [0.4, 0.5) is 4.79 Å². The molecule has 10 heavy (non-hydrogen) atoms. The Bertz CT molecular complexity index is 122. The predicted molar refractivity (Wildman–Crippen MR) is 35.6 cm³/mol. The molecule has 0 spiro atoms. The molecule has 1 aliphatic heterocycles. The van der Waals surface area contributed by atoms with E-state index in [2.05, 4.69) is 16.2 Å². The molecule has 0 aromatic heterocycles. The number of carboxylic acid groups (broad SMARTS) is 1. The molecule has 0 aromatic rings. The van der Waals surface area contributed by atoms with Gasteiger partial charge in [-0.25, -0.2) is 10.2 Å². The van der Waals surface area contributed by atoms with Gasteiger partial charge in [-0.1, -0.05) is 0 Å². The minimum atomic E-state index is -1.04. The van der Waals surface area contributed by atoms with E-state index in [0.29, 0.717) is 0 Å². The van der Waals surface area contributed by atoms with Crippen molar-refractivity contribution in [3.8, 4) is 0 Å². The summed E-state index contributed by atoms with van der Waals surface area (Å²) in [7, 11) is 0. The minimum Gasteiger partial charge on any atom is -0.464 e. The van der Waals surface area contributed by atoms with Crippen molar-refractivity contribution in [1.82, 2.24) is 16.2 Å². The first-order valence-electron chi connectivity index (χ1n) is 3.24. The molecule has 1 aliphatic rings. The van der Waals surface area contributed by atoms with Gasteiger partial charge in [-0.2, -0.15) is 0 Å². The summed E-state index contributed by atoms with van der Waals surface area (Å²) in [5.74, 6) is 0. The van der Waals surface area contributed by atoms with Crippen LogP contribution in [-0.2, 0) is 0 Å². The van der Waals surface area contributed by atoms with Crippen molar-refractivity contribution in [2.75, 3.05) is 13.1 Å². The summed E-state index contributed by atoms with van der Waals surface area (Å²) in [6.45, 7) is 1.79. The van der Waals surface area contributed by atoms with Crippen LogP contribution >= 0.6 is 0 Å². The average Bonchev–Trinajstić information content (AvgIpc) is 2.34. The van der Waals surface area contributed by atoms with Crippen LogP contribution in [0, 0.1) is 0 Å². The first kappa shape index (κ1) is 7.30. The van der Waals surface area contributed by atoms with Crippen molar-refractivity contribution in [1.29, 1.82) is 0 Å². The summed E-state index contributed by atoms with van der Waals surface area (Å²) in [5, 5.41) is 11.3. The topological polar surface area (TPSA) is 73.4 Å². The van der Waals surface area contributed by atoms with E-state index >= 15 is 0 Å². The molecular weight excluding hydrogens is 134 g/mol. The molecule has 1 fully saturated rings. The van der Waals surface area contributed by atoms with Crippen molar-refractivity contribution < 1.29 is 9.90 Å². The lowest BCUT2D eigenvalue weighted by Gasteiger charge is -2.08. The molecule has 5 heteroatoms. The molecule has 1 amide bonds. The summed E-state index contributed by atoms with van der Waals surface area (Å²) in [6.07, 6.45) is -0.0628. The summed E-state index contributed by atoms with van der Waals surface area (Å²) in [6, 6.07) is 0.246. The highest BCUT2D eigenvalue weighted by Gasteiger charge is 2.13. The third-order valence-electron chi connectivity index (χ3n) is 1.44. The van der Waals surface area contributed by atoms with Crippen LogP contribution in [0.15, 0.2) is 0 Å². The molecule has 1 atom stereocenters. The Morgan fingerprint density at radius 2 is 2.50 bits per heavy atom. The quantitative estimate of drug-likeness (QED) is 0.381. The zero-order valence-corrected chi connectivity index (χ0v) is 5.55. The Morgan fingerprint density at radius 1 is 1.70 bits per heavy atom. The van der Waals surface area contributed by atoms with Crippen molar-refractivity contribution in [2.24, 2.45) is 0 Å². The summed E-state index contributed by atoms with van der Waals surface area (Å²) in [5.41, 5.74) is 4.78. The smallest absolute Gasteiger partial charge is 0.419 e. The highest BCUT2D eigenvalue weighted by atomic mass is 16.4. The molecule has 1 saturated heterocycles. The van der Waals surface area contributed by atoms with Crippen molar-refractivity contribution in [3.05, 3.63) is 0 Å². The number of amides is 1. The van der Waals surface area contributed by atoms with Gasteiger partial charge in [-0.3, -0.25) is 5.43 Å². The van der Waals surface area contributed by atoms with Crippen molar-refractivity contribution in [3.63, 3.8) is 0 Å². The molecule has 0 aromatic carbocycles. The molecule has 0 unspecified atom stereocenters. The van der Waals surface area contributed by atoms with Gasteiger partial charge < -0.3 is 10.4 Å². The van der Waals surface area contributed by atoms with Gasteiger partial charge in [-0.05, 0) is 13.0 Å². The zero-order chi connectivity index (χ0) is 7.40. The maximum atomic E-state index is 9.96. The molecule has 1 rings (SSSR count). The summed E-state index contributed by atoms with van der Waals surface area (Å²) >= 11 is 0. The van der Waals surface area contributed by atoms with Gasteiger partial charge in [0.15, 0.2) is 0 Å².